The van der Waals surface area contributed by atoms with Gasteiger partial charge in [-0.3, -0.25) is 4.98 Å². The van der Waals surface area contributed by atoms with Crippen LogP contribution >= 0.6 is 0 Å². The van der Waals surface area contributed by atoms with Crippen LogP contribution in [0.25, 0.3) is 0 Å². The largest absolute Gasteiger partial charge is 0.396 e. The van der Waals surface area contributed by atoms with Crippen molar-refractivity contribution in [3.8, 4) is 0 Å². The Labute approximate surface area is 107 Å². The highest BCUT2D eigenvalue weighted by atomic mass is 32.2. The van der Waals surface area contributed by atoms with Crippen molar-refractivity contribution in [1.82, 2.24) is 4.98 Å². The van der Waals surface area contributed by atoms with E-state index in [2.05, 4.69) is 4.98 Å². The summed E-state index contributed by atoms with van der Waals surface area (Å²) < 4.78 is 29.6. The van der Waals surface area contributed by atoms with E-state index >= 15 is 0 Å². The molecule has 0 aromatic carbocycles. The minimum atomic E-state index is -3.30. The molecule has 5 nitrogen and oxygen atoms in total. The van der Waals surface area contributed by atoms with Gasteiger partial charge in [0.1, 0.15) is 0 Å². The Hall–Kier alpha value is -1.14. The van der Waals surface area contributed by atoms with Gasteiger partial charge in [-0.2, -0.15) is 0 Å². The molecular weight excluding hydrogens is 252 g/mol. The maximum Gasteiger partial charge on any atom is 0.180 e. The van der Waals surface area contributed by atoms with E-state index in [4.69, 9.17) is 10.5 Å². The molecule has 0 radical (unpaired) electrons. The number of sulfone groups is 1. The maximum atomic E-state index is 12.1. The number of ether oxygens (including phenoxy) is 1. The summed E-state index contributed by atoms with van der Waals surface area (Å²) in [5.41, 5.74) is 5.85. The summed E-state index contributed by atoms with van der Waals surface area (Å²) in [7, 11) is -3.30. The molecule has 18 heavy (non-hydrogen) atoms. The van der Waals surface area contributed by atoms with Gasteiger partial charge in [0, 0.05) is 12.8 Å². The second-order valence-corrected chi connectivity index (χ2v) is 6.59. The van der Waals surface area contributed by atoms with Crippen LogP contribution in [0.15, 0.2) is 23.4 Å². The molecule has 100 valence electrons. The van der Waals surface area contributed by atoms with Crippen LogP contribution in [0.1, 0.15) is 25.7 Å². The van der Waals surface area contributed by atoms with Gasteiger partial charge < -0.3 is 10.5 Å². The molecule has 1 unspecified atom stereocenters. The van der Waals surface area contributed by atoms with E-state index in [1.807, 2.05) is 0 Å². The van der Waals surface area contributed by atoms with Crippen molar-refractivity contribution in [2.75, 3.05) is 18.1 Å². The van der Waals surface area contributed by atoms with Crippen molar-refractivity contribution in [1.29, 1.82) is 0 Å². The van der Waals surface area contributed by atoms with Gasteiger partial charge in [-0.15, -0.1) is 0 Å². The fourth-order valence-electron chi connectivity index (χ4n) is 2.16. The number of anilines is 1. The lowest BCUT2D eigenvalue weighted by Crippen LogP contribution is -2.12. The molecule has 0 amide bonds. The quantitative estimate of drug-likeness (QED) is 0.874. The summed E-state index contributed by atoms with van der Waals surface area (Å²) in [5, 5.41) is 0. The summed E-state index contributed by atoms with van der Waals surface area (Å²) in [5.74, 6) is 0.112. The summed E-state index contributed by atoms with van der Waals surface area (Å²) in [6.07, 6.45) is 6.57. The molecule has 6 heteroatoms. The van der Waals surface area contributed by atoms with Crippen LogP contribution in [0, 0.1) is 0 Å². The van der Waals surface area contributed by atoms with Crippen LogP contribution < -0.4 is 5.73 Å². The molecule has 2 heterocycles. The number of nitrogen functional groups attached to an aromatic ring is 1. The van der Waals surface area contributed by atoms with E-state index in [1.54, 1.807) is 0 Å². The lowest BCUT2D eigenvalue weighted by Gasteiger charge is -2.10. The van der Waals surface area contributed by atoms with E-state index in [0.717, 1.165) is 25.9 Å². The van der Waals surface area contributed by atoms with Gasteiger partial charge in [0.25, 0.3) is 0 Å². The molecule has 1 aromatic rings. The number of nitrogens with zero attached hydrogens (tertiary/aromatic N) is 1. The highest BCUT2D eigenvalue weighted by Gasteiger charge is 2.20. The van der Waals surface area contributed by atoms with Crippen molar-refractivity contribution >= 4 is 15.5 Å². The minimum Gasteiger partial charge on any atom is -0.396 e. The third-order valence-corrected chi connectivity index (χ3v) is 4.98. The highest BCUT2D eigenvalue weighted by molar-refractivity contribution is 7.91. The first-order chi connectivity index (χ1) is 8.59. The zero-order valence-electron chi connectivity index (χ0n) is 10.2. The van der Waals surface area contributed by atoms with Gasteiger partial charge in [-0.05, 0) is 31.7 Å². The Kier molecular flexibility index (Phi) is 4.19. The van der Waals surface area contributed by atoms with Crippen molar-refractivity contribution < 1.29 is 13.2 Å². The van der Waals surface area contributed by atoms with E-state index in [-0.39, 0.29) is 22.4 Å². The molecule has 1 aliphatic heterocycles. The second kappa shape index (κ2) is 5.67. The monoisotopic (exact) mass is 270 g/mol. The first-order valence-corrected chi connectivity index (χ1v) is 7.79. The van der Waals surface area contributed by atoms with Gasteiger partial charge in [0.15, 0.2) is 9.84 Å². The molecule has 2 N–H and O–H groups in total. The van der Waals surface area contributed by atoms with Crippen molar-refractivity contribution in [2.24, 2.45) is 0 Å². The molecule has 0 saturated carbocycles. The first kappa shape index (κ1) is 13.3. The molecule has 1 fully saturated rings. The number of nitrogens with two attached hydrogens (primary N) is 1. The van der Waals surface area contributed by atoms with E-state index < -0.39 is 9.84 Å². The van der Waals surface area contributed by atoms with Crippen molar-refractivity contribution in [3.63, 3.8) is 0 Å². The van der Waals surface area contributed by atoms with Crippen molar-refractivity contribution in [3.05, 3.63) is 18.5 Å². The number of aromatic nitrogens is 1. The molecule has 0 aliphatic carbocycles. The fraction of sp³-hybridized carbons (Fsp3) is 0.583. The number of hydrogen-bond acceptors (Lipinski definition) is 5. The van der Waals surface area contributed by atoms with Gasteiger partial charge in [0.05, 0.1) is 28.6 Å². The van der Waals surface area contributed by atoms with Crippen LogP contribution in [0.3, 0.4) is 0 Å². The standard InChI is InChI=1S/C12H18N2O3S/c13-11-9-14-6-5-12(11)18(15,16)8-2-4-10-3-1-7-17-10/h5-6,9-10H,1-4,7-8,13H2. The lowest BCUT2D eigenvalue weighted by atomic mass is 10.1. The topological polar surface area (TPSA) is 82.3 Å². The normalized spacial score (nSPS) is 20.1. The van der Waals surface area contributed by atoms with Gasteiger partial charge in [-0.25, -0.2) is 8.42 Å². The van der Waals surface area contributed by atoms with Gasteiger partial charge >= 0.3 is 0 Å². The van der Waals surface area contributed by atoms with Gasteiger partial charge in [0.2, 0.25) is 0 Å². The number of rotatable bonds is 5. The first-order valence-electron chi connectivity index (χ1n) is 6.13. The smallest absolute Gasteiger partial charge is 0.180 e. The molecule has 0 spiro atoms. The van der Waals surface area contributed by atoms with Crippen LogP contribution in [0.2, 0.25) is 0 Å². The lowest BCUT2D eigenvalue weighted by molar-refractivity contribution is 0.104. The van der Waals surface area contributed by atoms with E-state index in [0.29, 0.717) is 6.42 Å². The second-order valence-electron chi connectivity index (χ2n) is 4.51. The summed E-state index contributed by atoms with van der Waals surface area (Å²) in [6.45, 7) is 0.800. The zero-order valence-corrected chi connectivity index (χ0v) is 11.0. The zero-order chi connectivity index (χ0) is 13.0. The number of hydrogen-bond donors (Lipinski definition) is 1. The summed E-state index contributed by atoms with van der Waals surface area (Å²) >= 11 is 0. The van der Waals surface area contributed by atoms with E-state index in [1.165, 1.54) is 18.5 Å². The predicted octanol–water partition coefficient (Wildman–Crippen LogP) is 1.40. The third kappa shape index (κ3) is 3.20. The van der Waals surface area contributed by atoms with Crippen LogP contribution in [-0.2, 0) is 14.6 Å². The third-order valence-electron chi connectivity index (χ3n) is 3.11. The van der Waals surface area contributed by atoms with Crippen molar-refractivity contribution in [2.45, 2.75) is 36.7 Å². The van der Waals surface area contributed by atoms with Crippen LogP contribution in [-0.4, -0.2) is 31.9 Å². The Balaban J connectivity index is 1.93. The fourth-order valence-corrected chi connectivity index (χ4v) is 3.61. The van der Waals surface area contributed by atoms with Crippen LogP contribution in [0.5, 0.6) is 0 Å². The molecule has 1 aliphatic rings. The van der Waals surface area contributed by atoms with E-state index in [9.17, 15) is 8.42 Å². The molecule has 1 saturated heterocycles. The molecule has 0 bridgehead atoms. The Morgan fingerprint density at radius 2 is 2.33 bits per heavy atom. The van der Waals surface area contributed by atoms with Gasteiger partial charge in [-0.1, -0.05) is 0 Å². The summed E-state index contributed by atoms with van der Waals surface area (Å²) in [6, 6.07) is 1.46. The number of pyridine rings is 1. The Bertz CT molecular complexity index is 496. The minimum absolute atomic E-state index is 0.112. The average Bonchev–Trinajstić information content (AvgIpc) is 2.82. The highest BCUT2D eigenvalue weighted by Crippen LogP contribution is 2.21. The molecule has 2 rings (SSSR count). The molecule has 1 atom stereocenters. The SMILES string of the molecule is Nc1cnccc1S(=O)(=O)CCCC1CCCO1. The van der Waals surface area contributed by atoms with Crippen LogP contribution in [0.4, 0.5) is 5.69 Å². The molecular formula is C12H18N2O3S. The Morgan fingerprint density at radius 3 is 3.00 bits per heavy atom. The summed E-state index contributed by atoms with van der Waals surface area (Å²) in [4.78, 5) is 3.98. The predicted molar refractivity (Wildman–Crippen MR) is 68.9 cm³/mol. The maximum absolute atomic E-state index is 12.1. The average molecular weight is 270 g/mol. The Morgan fingerprint density at radius 1 is 1.50 bits per heavy atom. The molecule has 1 aromatic heterocycles.